The minimum absolute atomic E-state index is 0.0654. The fourth-order valence-electron chi connectivity index (χ4n) is 1.12. The van der Waals surface area contributed by atoms with Gasteiger partial charge in [-0.15, -0.1) is 20.4 Å². The predicted molar refractivity (Wildman–Crippen MR) is 64.9 cm³/mol. The van der Waals surface area contributed by atoms with Crippen molar-refractivity contribution in [2.24, 2.45) is 0 Å². The van der Waals surface area contributed by atoms with E-state index in [1.54, 1.807) is 19.1 Å². The van der Waals surface area contributed by atoms with Crippen molar-refractivity contribution in [3.05, 3.63) is 26.9 Å². The molecular formula is C9H6Br2N4O. The van der Waals surface area contributed by atoms with E-state index in [4.69, 9.17) is 0 Å². The van der Waals surface area contributed by atoms with Crippen LogP contribution >= 0.6 is 31.9 Å². The Morgan fingerprint density at radius 2 is 1.69 bits per heavy atom. The first-order chi connectivity index (χ1) is 7.58. The minimum atomic E-state index is 0.0654. The molecule has 0 radical (unpaired) electrons. The quantitative estimate of drug-likeness (QED) is 0.859. The number of aromatic nitrogens is 4. The standard InChI is InChI=1S/C9H6Br2N4O/c1-4-12-14-9(15-13-4)6-2-5(10)3-7(11)8(6)16/h2-3,16H,1H3. The van der Waals surface area contributed by atoms with E-state index in [-0.39, 0.29) is 11.6 Å². The zero-order chi connectivity index (χ0) is 11.7. The van der Waals surface area contributed by atoms with Gasteiger partial charge >= 0.3 is 0 Å². The van der Waals surface area contributed by atoms with Gasteiger partial charge in [0.25, 0.3) is 0 Å². The van der Waals surface area contributed by atoms with Gasteiger partial charge < -0.3 is 5.11 Å². The maximum atomic E-state index is 9.84. The number of benzene rings is 1. The highest BCUT2D eigenvalue weighted by molar-refractivity contribution is 9.11. The third-order valence-corrected chi connectivity index (χ3v) is 2.91. The highest BCUT2D eigenvalue weighted by Crippen LogP contribution is 2.36. The van der Waals surface area contributed by atoms with Crippen molar-refractivity contribution in [3.8, 4) is 17.1 Å². The Balaban J connectivity index is 2.59. The van der Waals surface area contributed by atoms with Gasteiger partial charge in [0.2, 0.25) is 5.82 Å². The molecule has 0 aliphatic carbocycles. The first-order valence-electron chi connectivity index (χ1n) is 4.30. The van der Waals surface area contributed by atoms with Crippen LogP contribution in [0, 0.1) is 6.92 Å². The van der Waals surface area contributed by atoms with Crippen molar-refractivity contribution in [2.75, 3.05) is 0 Å². The van der Waals surface area contributed by atoms with Crippen LogP contribution in [0.2, 0.25) is 0 Å². The smallest absolute Gasteiger partial charge is 0.207 e. The van der Waals surface area contributed by atoms with Crippen LogP contribution in [0.3, 0.4) is 0 Å². The van der Waals surface area contributed by atoms with Gasteiger partial charge in [0.05, 0.1) is 10.0 Å². The second-order valence-corrected chi connectivity index (χ2v) is 4.82. The Morgan fingerprint density at radius 1 is 1.06 bits per heavy atom. The third-order valence-electron chi connectivity index (χ3n) is 1.85. The molecule has 0 atom stereocenters. The Morgan fingerprint density at radius 3 is 2.31 bits per heavy atom. The van der Waals surface area contributed by atoms with Crippen LogP contribution < -0.4 is 0 Å². The van der Waals surface area contributed by atoms with Gasteiger partial charge in [-0.2, -0.15) is 0 Å². The Bertz CT molecular complexity index is 530. The minimum Gasteiger partial charge on any atom is -0.506 e. The number of aryl methyl sites for hydroxylation is 1. The van der Waals surface area contributed by atoms with Gasteiger partial charge in [-0.05, 0) is 35.0 Å². The average molecular weight is 346 g/mol. The Hall–Kier alpha value is -1.08. The zero-order valence-electron chi connectivity index (χ0n) is 8.15. The molecule has 0 spiro atoms. The average Bonchev–Trinajstić information content (AvgIpc) is 2.25. The number of phenolic OH excluding ortho intramolecular Hbond substituents is 1. The lowest BCUT2D eigenvalue weighted by atomic mass is 10.2. The molecule has 0 bridgehead atoms. The molecule has 0 aliphatic rings. The fourth-order valence-corrected chi connectivity index (χ4v) is 2.35. The van der Waals surface area contributed by atoms with Gasteiger partial charge in [-0.1, -0.05) is 15.9 Å². The normalized spacial score (nSPS) is 10.4. The summed E-state index contributed by atoms with van der Waals surface area (Å²) in [6.07, 6.45) is 0. The molecule has 2 rings (SSSR count). The first-order valence-corrected chi connectivity index (χ1v) is 5.89. The third kappa shape index (κ3) is 2.19. The summed E-state index contributed by atoms with van der Waals surface area (Å²) in [5, 5.41) is 25.2. The summed E-state index contributed by atoms with van der Waals surface area (Å²) in [5.41, 5.74) is 0.473. The molecule has 0 saturated heterocycles. The molecule has 82 valence electrons. The lowest BCUT2D eigenvalue weighted by Gasteiger charge is -2.04. The van der Waals surface area contributed by atoms with Crippen LogP contribution in [0.1, 0.15) is 5.82 Å². The van der Waals surface area contributed by atoms with Gasteiger partial charge in [-0.25, -0.2) is 0 Å². The maximum absolute atomic E-state index is 9.84. The van der Waals surface area contributed by atoms with E-state index in [9.17, 15) is 5.11 Å². The maximum Gasteiger partial charge on any atom is 0.207 e. The van der Waals surface area contributed by atoms with Crippen LogP contribution in [0.4, 0.5) is 0 Å². The SMILES string of the molecule is Cc1nnc(-c2cc(Br)cc(Br)c2O)nn1. The fraction of sp³-hybridized carbons (Fsp3) is 0.111. The van der Waals surface area contributed by atoms with Crippen LogP contribution in [0.25, 0.3) is 11.4 Å². The first kappa shape index (κ1) is 11.4. The monoisotopic (exact) mass is 344 g/mol. The predicted octanol–water partition coefficient (Wildman–Crippen LogP) is 2.47. The molecule has 2 aromatic rings. The van der Waals surface area contributed by atoms with Crippen LogP contribution in [0.15, 0.2) is 21.1 Å². The van der Waals surface area contributed by atoms with Crippen LogP contribution in [-0.4, -0.2) is 25.5 Å². The Labute approximate surface area is 108 Å². The number of rotatable bonds is 1. The summed E-state index contributed by atoms with van der Waals surface area (Å²) in [7, 11) is 0. The number of hydrogen-bond acceptors (Lipinski definition) is 5. The second-order valence-electron chi connectivity index (χ2n) is 3.05. The molecule has 1 aromatic heterocycles. The van der Waals surface area contributed by atoms with E-state index in [0.29, 0.717) is 15.9 Å². The van der Waals surface area contributed by atoms with Crippen LogP contribution in [0.5, 0.6) is 5.75 Å². The summed E-state index contributed by atoms with van der Waals surface area (Å²) in [6.45, 7) is 1.69. The Kier molecular flexibility index (Phi) is 3.15. The van der Waals surface area contributed by atoms with E-state index in [2.05, 4.69) is 52.3 Å². The number of aromatic hydroxyl groups is 1. The van der Waals surface area contributed by atoms with Crippen molar-refractivity contribution in [3.63, 3.8) is 0 Å². The van der Waals surface area contributed by atoms with E-state index in [0.717, 1.165) is 4.47 Å². The molecule has 0 fully saturated rings. The summed E-state index contributed by atoms with van der Waals surface area (Å²) in [4.78, 5) is 0. The summed E-state index contributed by atoms with van der Waals surface area (Å²) >= 11 is 6.55. The van der Waals surface area contributed by atoms with E-state index in [1.807, 2.05) is 0 Å². The van der Waals surface area contributed by atoms with Gasteiger partial charge in [0.15, 0.2) is 5.82 Å². The van der Waals surface area contributed by atoms with E-state index in [1.165, 1.54) is 0 Å². The zero-order valence-corrected chi connectivity index (χ0v) is 11.3. The summed E-state index contributed by atoms with van der Waals surface area (Å²) in [5.74, 6) is 0.832. The van der Waals surface area contributed by atoms with Crippen molar-refractivity contribution in [1.29, 1.82) is 0 Å². The number of nitrogens with zero attached hydrogens (tertiary/aromatic N) is 4. The van der Waals surface area contributed by atoms with E-state index < -0.39 is 0 Å². The molecular weight excluding hydrogens is 340 g/mol. The van der Waals surface area contributed by atoms with Gasteiger partial charge in [-0.3, -0.25) is 0 Å². The molecule has 16 heavy (non-hydrogen) atoms. The molecule has 0 saturated carbocycles. The van der Waals surface area contributed by atoms with Crippen LogP contribution in [-0.2, 0) is 0 Å². The lowest BCUT2D eigenvalue weighted by molar-refractivity contribution is 0.473. The highest BCUT2D eigenvalue weighted by Gasteiger charge is 2.12. The number of halogens is 2. The highest BCUT2D eigenvalue weighted by atomic mass is 79.9. The van der Waals surface area contributed by atoms with Gasteiger partial charge in [0, 0.05) is 4.47 Å². The molecule has 0 unspecified atom stereocenters. The number of hydrogen-bond donors (Lipinski definition) is 1. The molecule has 5 nitrogen and oxygen atoms in total. The topological polar surface area (TPSA) is 71.8 Å². The summed E-state index contributed by atoms with van der Waals surface area (Å²) < 4.78 is 1.36. The van der Waals surface area contributed by atoms with Crippen molar-refractivity contribution in [2.45, 2.75) is 6.92 Å². The van der Waals surface area contributed by atoms with Crippen molar-refractivity contribution >= 4 is 31.9 Å². The second kappa shape index (κ2) is 4.42. The van der Waals surface area contributed by atoms with E-state index >= 15 is 0 Å². The molecule has 7 heteroatoms. The molecule has 0 aliphatic heterocycles. The molecule has 1 aromatic carbocycles. The molecule has 1 heterocycles. The van der Waals surface area contributed by atoms with Crippen molar-refractivity contribution < 1.29 is 5.11 Å². The number of phenols is 1. The lowest BCUT2D eigenvalue weighted by Crippen LogP contribution is -1.98. The summed E-state index contributed by atoms with van der Waals surface area (Å²) in [6, 6.07) is 3.43. The van der Waals surface area contributed by atoms with Crippen molar-refractivity contribution in [1.82, 2.24) is 20.4 Å². The van der Waals surface area contributed by atoms with Gasteiger partial charge in [0.1, 0.15) is 5.75 Å². The molecule has 0 amide bonds. The largest absolute Gasteiger partial charge is 0.506 e. The molecule has 1 N–H and O–H groups in total.